The monoisotopic (exact) mass is 365 g/mol. The van der Waals surface area contributed by atoms with Crippen molar-refractivity contribution in [3.63, 3.8) is 0 Å². The van der Waals surface area contributed by atoms with Crippen molar-refractivity contribution in [2.75, 3.05) is 19.6 Å². The van der Waals surface area contributed by atoms with Gasteiger partial charge in [0.05, 0.1) is 12.8 Å². The first-order valence-corrected chi connectivity index (χ1v) is 8.53. The van der Waals surface area contributed by atoms with Gasteiger partial charge in [-0.15, -0.1) is 0 Å². The van der Waals surface area contributed by atoms with Crippen molar-refractivity contribution in [2.45, 2.75) is 13.3 Å². The zero-order chi connectivity index (χ0) is 19.0. The van der Waals surface area contributed by atoms with Crippen molar-refractivity contribution in [1.82, 2.24) is 9.97 Å². The summed E-state index contributed by atoms with van der Waals surface area (Å²) in [6.07, 6.45) is 2.34. The average Bonchev–Trinajstić information content (AvgIpc) is 3.15. The molecule has 7 nitrogen and oxygen atoms in total. The minimum absolute atomic E-state index is 0.0753. The molecule has 27 heavy (non-hydrogen) atoms. The summed E-state index contributed by atoms with van der Waals surface area (Å²) in [5, 5.41) is 10.7. The summed E-state index contributed by atoms with van der Waals surface area (Å²) in [4.78, 5) is 8.57. The number of anilines is 1. The lowest BCUT2D eigenvalue weighted by Gasteiger charge is -2.16. The van der Waals surface area contributed by atoms with E-state index in [0.29, 0.717) is 34.9 Å². The van der Waals surface area contributed by atoms with Gasteiger partial charge in [-0.3, -0.25) is 0 Å². The maximum atomic E-state index is 10.7. The van der Waals surface area contributed by atoms with Crippen molar-refractivity contribution in [1.29, 1.82) is 0 Å². The van der Waals surface area contributed by atoms with Crippen molar-refractivity contribution in [3.05, 3.63) is 42.1 Å². The van der Waals surface area contributed by atoms with E-state index in [0.717, 1.165) is 16.7 Å². The van der Waals surface area contributed by atoms with Gasteiger partial charge < -0.3 is 25.1 Å². The Kier molecular flexibility index (Phi) is 4.19. The molecule has 0 spiro atoms. The molecule has 0 saturated carbocycles. The Labute approximate surface area is 156 Å². The molecule has 7 heteroatoms. The molecule has 0 radical (unpaired) electrons. The first kappa shape index (κ1) is 17.0. The highest BCUT2D eigenvalue weighted by Gasteiger charge is 2.21. The van der Waals surface area contributed by atoms with Crippen LogP contribution < -0.4 is 19.9 Å². The Morgan fingerprint density at radius 2 is 2.00 bits per heavy atom. The van der Waals surface area contributed by atoms with Crippen LogP contribution in [0.2, 0.25) is 0 Å². The summed E-state index contributed by atoms with van der Waals surface area (Å²) in [5.41, 5.74) is 9.49. The molecule has 1 aliphatic heterocycles. The fraction of sp³-hybridized carbons (Fsp3) is 0.200. The van der Waals surface area contributed by atoms with E-state index >= 15 is 0 Å². The van der Waals surface area contributed by atoms with Crippen LogP contribution in [0, 0.1) is 0 Å². The predicted molar refractivity (Wildman–Crippen MR) is 101 cm³/mol. The molecule has 0 amide bonds. The standard InChI is InChI=1S/C20H19N3O4/c1-3-11-6-13(25-2)8-15(24)18(11)19-14(9-22-20(21)23-19)12-4-5-16-17(7-12)27-10-26-16/h4-9,24H,3,10H2,1-2H3,(H2,21,22,23). The molecule has 2 heterocycles. The number of nitrogens with two attached hydrogens (primary N) is 1. The molecule has 0 bridgehead atoms. The van der Waals surface area contributed by atoms with E-state index in [1.54, 1.807) is 19.4 Å². The number of nitrogen functional groups attached to an aromatic ring is 1. The molecular formula is C20H19N3O4. The Hall–Kier alpha value is -3.48. The summed E-state index contributed by atoms with van der Waals surface area (Å²) in [6, 6.07) is 9.06. The molecule has 0 atom stereocenters. The summed E-state index contributed by atoms with van der Waals surface area (Å²) >= 11 is 0. The van der Waals surface area contributed by atoms with Crippen LogP contribution in [0.3, 0.4) is 0 Å². The van der Waals surface area contributed by atoms with Crippen LogP contribution in [0.4, 0.5) is 5.95 Å². The number of aromatic hydroxyl groups is 1. The van der Waals surface area contributed by atoms with Gasteiger partial charge in [0.15, 0.2) is 11.5 Å². The number of benzene rings is 2. The highest BCUT2D eigenvalue weighted by atomic mass is 16.7. The number of phenolic OH excluding ortho intramolecular Hbond substituents is 1. The minimum atomic E-state index is 0.0753. The molecule has 0 fully saturated rings. The number of phenols is 1. The van der Waals surface area contributed by atoms with Crippen molar-refractivity contribution >= 4 is 5.95 Å². The van der Waals surface area contributed by atoms with Gasteiger partial charge in [-0.2, -0.15) is 0 Å². The Morgan fingerprint density at radius 3 is 2.78 bits per heavy atom. The second-order valence-corrected chi connectivity index (χ2v) is 6.09. The Balaban J connectivity index is 1.94. The number of rotatable bonds is 4. The maximum absolute atomic E-state index is 10.7. The topological polar surface area (TPSA) is 99.7 Å². The molecule has 4 rings (SSSR count). The highest BCUT2D eigenvalue weighted by Crippen LogP contribution is 2.42. The van der Waals surface area contributed by atoms with Crippen molar-refractivity contribution in [3.8, 4) is 45.4 Å². The normalized spacial score (nSPS) is 12.2. The third-order valence-electron chi connectivity index (χ3n) is 4.52. The van der Waals surface area contributed by atoms with E-state index in [2.05, 4.69) is 9.97 Å². The van der Waals surface area contributed by atoms with Crippen molar-refractivity contribution < 1.29 is 19.3 Å². The molecule has 3 aromatic rings. The van der Waals surface area contributed by atoms with Crippen LogP contribution in [-0.2, 0) is 6.42 Å². The number of fused-ring (bicyclic) bond motifs is 1. The number of ether oxygens (including phenoxy) is 3. The van der Waals surface area contributed by atoms with Crippen LogP contribution in [0.5, 0.6) is 23.0 Å². The minimum Gasteiger partial charge on any atom is -0.507 e. The second kappa shape index (κ2) is 6.68. The van der Waals surface area contributed by atoms with E-state index in [-0.39, 0.29) is 18.5 Å². The first-order chi connectivity index (χ1) is 13.1. The van der Waals surface area contributed by atoms with Crippen LogP contribution in [0.15, 0.2) is 36.5 Å². The molecule has 1 aromatic heterocycles. The van der Waals surface area contributed by atoms with Crippen LogP contribution in [-0.4, -0.2) is 29.0 Å². The van der Waals surface area contributed by atoms with Gasteiger partial charge in [0.25, 0.3) is 0 Å². The van der Waals surface area contributed by atoms with Crippen LogP contribution in [0.1, 0.15) is 12.5 Å². The number of aryl methyl sites for hydroxylation is 1. The molecule has 1 aliphatic rings. The fourth-order valence-corrected chi connectivity index (χ4v) is 3.19. The van der Waals surface area contributed by atoms with Gasteiger partial charge in [0.2, 0.25) is 12.7 Å². The Morgan fingerprint density at radius 1 is 1.19 bits per heavy atom. The third kappa shape index (κ3) is 2.97. The summed E-state index contributed by atoms with van der Waals surface area (Å²) < 4.78 is 16.1. The number of hydrogen-bond acceptors (Lipinski definition) is 7. The lowest BCUT2D eigenvalue weighted by Crippen LogP contribution is -2.01. The summed E-state index contributed by atoms with van der Waals surface area (Å²) in [6.45, 7) is 2.20. The van der Waals surface area contributed by atoms with Crippen molar-refractivity contribution in [2.24, 2.45) is 0 Å². The molecule has 138 valence electrons. The quantitative estimate of drug-likeness (QED) is 0.731. The summed E-state index contributed by atoms with van der Waals surface area (Å²) in [5.74, 6) is 2.14. The maximum Gasteiger partial charge on any atom is 0.231 e. The number of nitrogens with zero attached hydrogens (tertiary/aromatic N) is 2. The molecule has 2 aromatic carbocycles. The molecule has 0 saturated heterocycles. The van der Waals surface area contributed by atoms with Gasteiger partial charge in [-0.25, -0.2) is 9.97 Å². The first-order valence-electron chi connectivity index (χ1n) is 8.53. The molecule has 3 N–H and O–H groups in total. The molecule has 0 aliphatic carbocycles. The number of hydrogen-bond donors (Lipinski definition) is 2. The predicted octanol–water partition coefficient (Wildman–Crippen LogP) is 3.40. The zero-order valence-corrected chi connectivity index (χ0v) is 15.0. The van der Waals surface area contributed by atoms with E-state index < -0.39 is 0 Å². The number of aromatic nitrogens is 2. The van der Waals surface area contributed by atoms with Gasteiger partial charge in [-0.05, 0) is 35.7 Å². The zero-order valence-electron chi connectivity index (χ0n) is 15.0. The number of methoxy groups -OCH3 is 1. The van der Waals surface area contributed by atoms with Gasteiger partial charge >= 0.3 is 0 Å². The van der Waals surface area contributed by atoms with Gasteiger partial charge in [0, 0.05) is 23.4 Å². The smallest absolute Gasteiger partial charge is 0.231 e. The lowest BCUT2D eigenvalue weighted by atomic mass is 9.95. The molecular weight excluding hydrogens is 346 g/mol. The fourth-order valence-electron chi connectivity index (χ4n) is 3.19. The Bertz CT molecular complexity index is 1020. The summed E-state index contributed by atoms with van der Waals surface area (Å²) in [7, 11) is 1.56. The van der Waals surface area contributed by atoms with E-state index in [9.17, 15) is 5.11 Å². The highest BCUT2D eigenvalue weighted by molar-refractivity contribution is 5.86. The second-order valence-electron chi connectivity index (χ2n) is 6.09. The average molecular weight is 365 g/mol. The van der Waals surface area contributed by atoms with Crippen LogP contribution in [0.25, 0.3) is 22.4 Å². The van der Waals surface area contributed by atoms with E-state index in [1.807, 2.05) is 31.2 Å². The van der Waals surface area contributed by atoms with E-state index in [4.69, 9.17) is 19.9 Å². The van der Waals surface area contributed by atoms with Gasteiger partial charge in [-0.1, -0.05) is 13.0 Å². The van der Waals surface area contributed by atoms with Gasteiger partial charge in [0.1, 0.15) is 11.5 Å². The lowest BCUT2D eigenvalue weighted by molar-refractivity contribution is 0.174. The van der Waals surface area contributed by atoms with E-state index in [1.165, 1.54) is 0 Å². The van der Waals surface area contributed by atoms with Crippen LogP contribution >= 0.6 is 0 Å². The SMILES string of the molecule is CCc1cc(OC)cc(O)c1-c1nc(N)ncc1-c1ccc2c(c1)OCO2. The third-order valence-corrected chi connectivity index (χ3v) is 4.52. The largest absolute Gasteiger partial charge is 0.507 e. The molecule has 0 unspecified atom stereocenters.